The first kappa shape index (κ1) is 15.5. The molecule has 0 aromatic carbocycles. The van der Waals surface area contributed by atoms with Gasteiger partial charge in [0.1, 0.15) is 6.10 Å². The Morgan fingerprint density at radius 1 is 1.41 bits per heavy atom. The lowest BCUT2D eigenvalue weighted by Gasteiger charge is -2.37. The van der Waals surface area contributed by atoms with Gasteiger partial charge in [0.25, 0.3) is 5.91 Å². The molecule has 0 radical (unpaired) electrons. The van der Waals surface area contributed by atoms with Crippen molar-refractivity contribution in [1.29, 1.82) is 0 Å². The summed E-state index contributed by atoms with van der Waals surface area (Å²) in [4.78, 5) is 14.7. The number of aromatic nitrogens is 2. The summed E-state index contributed by atoms with van der Waals surface area (Å²) in [5.74, 6) is 0.841. The lowest BCUT2D eigenvalue weighted by molar-refractivity contribution is -0.147. The lowest BCUT2D eigenvalue weighted by Crippen LogP contribution is -2.49. The lowest BCUT2D eigenvalue weighted by atomic mass is 10.0. The summed E-state index contributed by atoms with van der Waals surface area (Å²) >= 11 is 0. The normalized spacial score (nSPS) is 23.5. The number of carbonyl (C=O) groups excluding carboxylic acids is 1. The van der Waals surface area contributed by atoms with Crippen LogP contribution in [0.2, 0.25) is 0 Å². The van der Waals surface area contributed by atoms with E-state index in [1.165, 1.54) is 19.3 Å². The van der Waals surface area contributed by atoms with Crippen LogP contribution < -0.4 is 0 Å². The van der Waals surface area contributed by atoms with Crippen molar-refractivity contribution in [3.8, 4) is 0 Å². The van der Waals surface area contributed by atoms with Crippen molar-refractivity contribution in [2.24, 2.45) is 5.92 Å². The SMILES string of the molecule is Cc1cnn(C[C@@H]2CCCCN2C(=O)[C@@H](C)OCC2CC2)c1. The van der Waals surface area contributed by atoms with Crippen LogP contribution in [-0.2, 0) is 16.1 Å². The van der Waals surface area contributed by atoms with Crippen LogP contribution in [0.5, 0.6) is 0 Å². The highest BCUT2D eigenvalue weighted by Gasteiger charge is 2.31. The maximum Gasteiger partial charge on any atom is 0.251 e. The molecule has 5 heteroatoms. The number of aryl methyl sites for hydroxylation is 1. The summed E-state index contributed by atoms with van der Waals surface area (Å²) in [6.45, 7) is 6.31. The van der Waals surface area contributed by atoms with Crippen LogP contribution in [0.3, 0.4) is 0 Å². The van der Waals surface area contributed by atoms with E-state index >= 15 is 0 Å². The number of amides is 1. The van der Waals surface area contributed by atoms with Gasteiger partial charge in [0.05, 0.1) is 25.4 Å². The van der Waals surface area contributed by atoms with Crippen LogP contribution >= 0.6 is 0 Å². The summed E-state index contributed by atoms with van der Waals surface area (Å²) in [6.07, 6.45) is 9.45. The second kappa shape index (κ2) is 6.82. The summed E-state index contributed by atoms with van der Waals surface area (Å²) in [5.41, 5.74) is 1.16. The van der Waals surface area contributed by atoms with Crippen molar-refractivity contribution in [3.05, 3.63) is 18.0 Å². The molecule has 0 N–H and O–H groups in total. The Hall–Kier alpha value is -1.36. The Morgan fingerprint density at radius 3 is 2.91 bits per heavy atom. The molecule has 2 fully saturated rings. The van der Waals surface area contributed by atoms with E-state index in [0.29, 0.717) is 5.92 Å². The maximum atomic E-state index is 12.7. The van der Waals surface area contributed by atoms with Crippen molar-refractivity contribution in [3.63, 3.8) is 0 Å². The quantitative estimate of drug-likeness (QED) is 0.811. The third-order valence-corrected chi connectivity index (χ3v) is 4.70. The highest BCUT2D eigenvalue weighted by atomic mass is 16.5. The molecule has 2 aliphatic rings. The topological polar surface area (TPSA) is 47.4 Å². The van der Waals surface area contributed by atoms with Gasteiger partial charge < -0.3 is 9.64 Å². The van der Waals surface area contributed by atoms with Crippen LogP contribution in [0.4, 0.5) is 0 Å². The fourth-order valence-corrected chi connectivity index (χ4v) is 3.13. The second-order valence-corrected chi connectivity index (χ2v) is 6.84. The molecule has 1 aromatic rings. The van der Waals surface area contributed by atoms with Gasteiger partial charge in [0.15, 0.2) is 0 Å². The van der Waals surface area contributed by atoms with Crippen molar-refractivity contribution in [1.82, 2.24) is 14.7 Å². The Bertz CT molecular complexity index is 510. The van der Waals surface area contributed by atoms with Gasteiger partial charge in [-0.2, -0.15) is 5.10 Å². The fraction of sp³-hybridized carbons (Fsp3) is 0.765. The molecular formula is C17H27N3O2. The van der Waals surface area contributed by atoms with E-state index in [4.69, 9.17) is 4.74 Å². The van der Waals surface area contributed by atoms with E-state index in [-0.39, 0.29) is 18.1 Å². The number of piperidine rings is 1. The highest BCUT2D eigenvalue weighted by Crippen LogP contribution is 2.29. The zero-order chi connectivity index (χ0) is 15.5. The number of nitrogens with zero attached hydrogens (tertiary/aromatic N) is 3. The van der Waals surface area contributed by atoms with Crippen molar-refractivity contribution in [2.45, 2.75) is 64.6 Å². The predicted octanol–water partition coefficient (Wildman–Crippen LogP) is 2.39. The minimum Gasteiger partial charge on any atom is -0.368 e. The summed E-state index contributed by atoms with van der Waals surface area (Å²) < 4.78 is 7.73. The smallest absolute Gasteiger partial charge is 0.251 e. The van der Waals surface area contributed by atoms with Crippen molar-refractivity contribution < 1.29 is 9.53 Å². The van der Waals surface area contributed by atoms with Crippen LogP contribution in [-0.4, -0.2) is 45.9 Å². The molecule has 1 aliphatic heterocycles. The zero-order valence-electron chi connectivity index (χ0n) is 13.7. The molecule has 3 rings (SSSR count). The molecule has 122 valence electrons. The average molecular weight is 305 g/mol. The van der Waals surface area contributed by atoms with E-state index in [1.54, 1.807) is 0 Å². The largest absolute Gasteiger partial charge is 0.368 e. The summed E-state index contributed by atoms with van der Waals surface area (Å²) in [7, 11) is 0. The van der Waals surface area contributed by atoms with E-state index in [0.717, 1.165) is 38.1 Å². The number of ether oxygens (including phenoxy) is 1. The Kier molecular flexibility index (Phi) is 4.81. The molecule has 2 atom stereocenters. The standard InChI is InChI=1S/C17H27N3O2/c1-13-9-18-19(10-13)11-16-5-3-4-8-20(16)17(21)14(2)22-12-15-6-7-15/h9-10,14-16H,3-8,11-12H2,1-2H3/t14-,16+/m1/s1. The van der Waals surface area contributed by atoms with Gasteiger partial charge >= 0.3 is 0 Å². The Labute approximate surface area is 132 Å². The average Bonchev–Trinajstić information content (AvgIpc) is 3.27. The molecule has 1 aromatic heterocycles. The number of carbonyl (C=O) groups is 1. The fourth-order valence-electron chi connectivity index (χ4n) is 3.13. The van der Waals surface area contributed by atoms with E-state index < -0.39 is 0 Å². The molecule has 0 spiro atoms. The van der Waals surface area contributed by atoms with Gasteiger partial charge in [0.2, 0.25) is 0 Å². The van der Waals surface area contributed by atoms with E-state index in [1.807, 2.05) is 35.8 Å². The van der Waals surface area contributed by atoms with E-state index in [9.17, 15) is 4.79 Å². The third-order valence-electron chi connectivity index (χ3n) is 4.70. The molecule has 1 saturated carbocycles. The minimum atomic E-state index is -0.319. The van der Waals surface area contributed by atoms with Gasteiger partial charge in [-0.15, -0.1) is 0 Å². The van der Waals surface area contributed by atoms with Gasteiger partial charge in [-0.25, -0.2) is 0 Å². The van der Waals surface area contributed by atoms with Gasteiger partial charge in [-0.1, -0.05) is 0 Å². The molecule has 22 heavy (non-hydrogen) atoms. The van der Waals surface area contributed by atoms with Crippen LogP contribution in [0.15, 0.2) is 12.4 Å². The van der Waals surface area contributed by atoms with E-state index in [2.05, 4.69) is 5.10 Å². The molecule has 2 heterocycles. The first-order valence-corrected chi connectivity index (χ1v) is 8.54. The second-order valence-electron chi connectivity index (χ2n) is 6.84. The highest BCUT2D eigenvalue weighted by molar-refractivity contribution is 5.81. The van der Waals surface area contributed by atoms with Gasteiger partial charge in [-0.3, -0.25) is 9.48 Å². The maximum absolute atomic E-state index is 12.7. The first-order valence-electron chi connectivity index (χ1n) is 8.54. The molecule has 1 amide bonds. The van der Waals surface area contributed by atoms with Crippen LogP contribution in [0.1, 0.15) is 44.6 Å². The minimum absolute atomic E-state index is 0.147. The molecule has 0 bridgehead atoms. The Morgan fingerprint density at radius 2 is 2.23 bits per heavy atom. The predicted molar refractivity (Wildman–Crippen MR) is 84.5 cm³/mol. The number of likely N-dealkylation sites (tertiary alicyclic amines) is 1. The van der Waals surface area contributed by atoms with Gasteiger partial charge in [-0.05, 0) is 57.4 Å². The van der Waals surface area contributed by atoms with Crippen molar-refractivity contribution in [2.75, 3.05) is 13.2 Å². The summed E-state index contributed by atoms with van der Waals surface area (Å²) in [6, 6.07) is 0.243. The molecular weight excluding hydrogens is 278 g/mol. The van der Waals surface area contributed by atoms with Crippen LogP contribution in [0, 0.1) is 12.8 Å². The molecule has 1 saturated heterocycles. The molecule has 5 nitrogen and oxygen atoms in total. The number of hydrogen-bond donors (Lipinski definition) is 0. The van der Waals surface area contributed by atoms with Crippen LogP contribution in [0.25, 0.3) is 0 Å². The first-order chi connectivity index (χ1) is 10.6. The third kappa shape index (κ3) is 3.88. The zero-order valence-corrected chi connectivity index (χ0v) is 13.7. The molecule has 0 unspecified atom stereocenters. The van der Waals surface area contributed by atoms with Gasteiger partial charge in [0, 0.05) is 12.7 Å². The number of hydrogen-bond acceptors (Lipinski definition) is 3. The molecule has 1 aliphatic carbocycles. The summed E-state index contributed by atoms with van der Waals surface area (Å²) in [5, 5.41) is 4.36. The monoisotopic (exact) mass is 305 g/mol. The number of rotatable bonds is 6. The Balaban J connectivity index is 1.59. The van der Waals surface area contributed by atoms with Crippen molar-refractivity contribution >= 4 is 5.91 Å².